The van der Waals surface area contributed by atoms with Crippen molar-refractivity contribution in [1.82, 2.24) is 10.6 Å². The van der Waals surface area contributed by atoms with Crippen LogP contribution in [0.25, 0.3) is 0 Å². The van der Waals surface area contributed by atoms with Gasteiger partial charge in [0.15, 0.2) is 0 Å². The van der Waals surface area contributed by atoms with Crippen LogP contribution in [0.2, 0.25) is 0 Å². The second kappa shape index (κ2) is 4.94. The Labute approximate surface area is 91.0 Å². The molecule has 0 unspecified atom stereocenters. The van der Waals surface area contributed by atoms with E-state index in [0.29, 0.717) is 12.1 Å². The highest BCUT2D eigenvalue weighted by Gasteiger charge is 2.25. The lowest BCUT2D eigenvalue weighted by Gasteiger charge is -2.27. The monoisotopic (exact) mass is 211 g/mol. The zero-order chi connectivity index (χ0) is 10.7. The number of hydrogen-bond acceptors (Lipinski definition) is 3. The Hall–Kier alpha value is -0.610. The molecule has 1 atom stereocenters. The van der Waals surface area contributed by atoms with Gasteiger partial charge in [0.2, 0.25) is 5.91 Å². The highest BCUT2D eigenvalue weighted by Crippen LogP contribution is 2.17. The Morgan fingerprint density at radius 2 is 1.93 bits per heavy atom. The van der Waals surface area contributed by atoms with Crippen LogP contribution in [0.4, 0.5) is 0 Å². The van der Waals surface area contributed by atoms with Gasteiger partial charge in [-0.3, -0.25) is 4.79 Å². The third-order valence-electron chi connectivity index (χ3n) is 3.50. The first-order chi connectivity index (χ1) is 7.25. The largest absolute Gasteiger partial charge is 0.352 e. The molecule has 4 N–H and O–H groups in total. The predicted octanol–water partition coefficient (Wildman–Crippen LogP) is 0.124. The van der Waals surface area contributed by atoms with Gasteiger partial charge in [-0.15, -0.1) is 0 Å². The standard InChI is InChI=1S/C11H21N3O/c12-8-3-5-9(6-4-8)14-11(15)10-2-1-7-13-10/h8-10,13H,1-7,12H2,(H,14,15)/t8?,9?,10-/m1/s1. The first-order valence-electron chi connectivity index (χ1n) is 6.05. The maximum atomic E-state index is 11.8. The Kier molecular flexibility index (Phi) is 3.59. The fourth-order valence-electron chi connectivity index (χ4n) is 2.47. The maximum Gasteiger partial charge on any atom is 0.237 e. The lowest BCUT2D eigenvalue weighted by atomic mass is 9.91. The van der Waals surface area contributed by atoms with Crippen molar-refractivity contribution in [3.63, 3.8) is 0 Å². The van der Waals surface area contributed by atoms with Crippen molar-refractivity contribution in [3.8, 4) is 0 Å². The molecule has 1 aliphatic carbocycles. The van der Waals surface area contributed by atoms with E-state index in [0.717, 1.165) is 45.1 Å². The molecule has 1 amide bonds. The van der Waals surface area contributed by atoms with Gasteiger partial charge in [0.1, 0.15) is 0 Å². The van der Waals surface area contributed by atoms with Crippen molar-refractivity contribution in [2.24, 2.45) is 5.73 Å². The summed E-state index contributed by atoms with van der Waals surface area (Å²) in [4.78, 5) is 11.8. The van der Waals surface area contributed by atoms with E-state index in [1.165, 1.54) is 0 Å². The van der Waals surface area contributed by atoms with E-state index in [4.69, 9.17) is 5.73 Å². The molecule has 2 rings (SSSR count). The molecule has 2 aliphatic rings. The van der Waals surface area contributed by atoms with Gasteiger partial charge in [0.25, 0.3) is 0 Å². The normalized spacial score (nSPS) is 36.5. The first kappa shape index (κ1) is 10.9. The van der Waals surface area contributed by atoms with Gasteiger partial charge < -0.3 is 16.4 Å². The average molecular weight is 211 g/mol. The Morgan fingerprint density at radius 1 is 1.20 bits per heavy atom. The summed E-state index contributed by atoms with van der Waals surface area (Å²) in [5, 5.41) is 6.34. The predicted molar refractivity (Wildman–Crippen MR) is 59.4 cm³/mol. The number of carbonyl (C=O) groups excluding carboxylic acids is 1. The molecule has 15 heavy (non-hydrogen) atoms. The quantitative estimate of drug-likeness (QED) is 0.608. The molecule has 1 aliphatic heterocycles. The Morgan fingerprint density at radius 3 is 2.53 bits per heavy atom. The van der Waals surface area contributed by atoms with Crippen LogP contribution in [-0.4, -0.2) is 30.6 Å². The summed E-state index contributed by atoms with van der Waals surface area (Å²) in [5.74, 6) is 0.188. The van der Waals surface area contributed by atoms with Crippen LogP contribution >= 0.6 is 0 Å². The number of amides is 1. The minimum absolute atomic E-state index is 0.0561. The van der Waals surface area contributed by atoms with E-state index in [9.17, 15) is 4.79 Å². The SMILES string of the molecule is NC1CCC(NC(=O)[C@H]2CCCN2)CC1. The van der Waals surface area contributed by atoms with E-state index >= 15 is 0 Å². The summed E-state index contributed by atoms with van der Waals surface area (Å²) in [5.41, 5.74) is 5.82. The molecule has 1 saturated carbocycles. The second-order valence-corrected chi connectivity index (χ2v) is 4.77. The highest BCUT2D eigenvalue weighted by atomic mass is 16.2. The summed E-state index contributed by atoms with van der Waals surface area (Å²) >= 11 is 0. The van der Waals surface area contributed by atoms with E-state index in [1.807, 2.05) is 0 Å². The summed E-state index contributed by atoms with van der Waals surface area (Å²) in [6.07, 6.45) is 6.27. The molecule has 0 aromatic carbocycles. The van der Waals surface area contributed by atoms with Crippen LogP contribution in [0.1, 0.15) is 38.5 Å². The van der Waals surface area contributed by atoms with Crippen LogP contribution < -0.4 is 16.4 Å². The fraction of sp³-hybridized carbons (Fsp3) is 0.909. The molecule has 1 saturated heterocycles. The lowest BCUT2D eigenvalue weighted by Crippen LogP contribution is -2.47. The summed E-state index contributed by atoms with van der Waals surface area (Å²) in [7, 11) is 0. The van der Waals surface area contributed by atoms with Gasteiger partial charge in [-0.1, -0.05) is 0 Å². The second-order valence-electron chi connectivity index (χ2n) is 4.77. The van der Waals surface area contributed by atoms with Crippen molar-refractivity contribution in [2.45, 2.75) is 56.7 Å². The average Bonchev–Trinajstić information content (AvgIpc) is 2.74. The van der Waals surface area contributed by atoms with Crippen molar-refractivity contribution >= 4 is 5.91 Å². The van der Waals surface area contributed by atoms with E-state index in [-0.39, 0.29) is 11.9 Å². The zero-order valence-electron chi connectivity index (χ0n) is 9.17. The van der Waals surface area contributed by atoms with Crippen LogP contribution in [0.5, 0.6) is 0 Å². The third-order valence-corrected chi connectivity index (χ3v) is 3.50. The number of rotatable bonds is 2. The minimum atomic E-state index is 0.0561. The Bertz CT molecular complexity index is 218. The summed E-state index contributed by atoms with van der Waals surface area (Å²) in [6.45, 7) is 0.980. The number of hydrogen-bond donors (Lipinski definition) is 3. The van der Waals surface area contributed by atoms with Crippen molar-refractivity contribution in [1.29, 1.82) is 0 Å². The molecule has 4 heteroatoms. The summed E-state index contributed by atoms with van der Waals surface area (Å²) < 4.78 is 0. The number of nitrogens with one attached hydrogen (secondary N) is 2. The van der Waals surface area contributed by atoms with Gasteiger partial charge >= 0.3 is 0 Å². The van der Waals surface area contributed by atoms with Gasteiger partial charge in [0, 0.05) is 12.1 Å². The van der Waals surface area contributed by atoms with E-state index < -0.39 is 0 Å². The molecule has 2 fully saturated rings. The smallest absolute Gasteiger partial charge is 0.237 e. The van der Waals surface area contributed by atoms with Crippen molar-refractivity contribution < 1.29 is 4.79 Å². The van der Waals surface area contributed by atoms with Crippen LogP contribution in [0, 0.1) is 0 Å². The molecule has 0 radical (unpaired) electrons. The molecule has 0 bridgehead atoms. The third kappa shape index (κ3) is 2.92. The maximum absolute atomic E-state index is 11.8. The van der Waals surface area contributed by atoms with E-state index in [2.05, 4.69) is 10.6 Å². The van der Waals surface area contributed by atoms with Gasteiger partial charge in [0.05, 0.1) is 6.04 Å². The number of carbonyl (C=O) groups is 1. The molecule has 86 valence electrons. The van der Waals surface area contributed by atoms with Gasteiger partial charge in [-0.05, 0) is 45.1 Å². The summed E-state index contributed by atoms with van der Waals surface area (Å²) in [6, 6.07) is 0.767. The molecular formula is C11H21N3O. The molecule has 1 heterocycles. The molecule has 0 spiro atoms. The van der Waals surface area contributed by atoms with Gasteiger partial charge in [-0.2, -0.15) is 0 Å². The van der Waals surface area contributed by atoms with Crippen LogP contribution in [-0.2, 0) is 4.79 Å². The van der Waals surface area contributed by atoms with E-state index in [1.54, 1.807) is 0 Å². The van der Waals surface area contributed by atoms with Gasteiger partial charge in [-0.25, -0.2) is 0 Å². The lowest BCUT2D eigenvalue weighted by molar-refractivity contribution is -0.123. The molecular weight excluding hydrogens is 190 g/mol. The molecule has 0 aromatic heterocycles. The minimum Gasteiger partial charge on any atom is -0.352 e. The topological polar surface area (TPSA) is 67.1 Å². The fourth-order valence-corrected chi connectivity index (χ4v) is 2.47. The zero-order valence-corrected chi connectivity index (χ0v) is 9.17. The number of nitrogens with two attached hydrogens (primary N) is 1. The van der Waals surface area contributed by atoms with Crippen LogP contribution in [0.3, 0.4) is 0 Å². The highest BCUT2D eigenvalue weighted by molar-refractivity contribution is 5.82. The first-order valence-corrected chi connectivity index (χ1v) is 6.05. The molecule has 4 nitrogen and oxygen atoms in total. The van der Waals surface area contributed by atoms with Crippen molar-refractivity contribution in [2.75, 3.05) is 6.54 Å². The van der Waals surface area contributed by atoms with Crippen LogP contribution in [0.15, 0.2) is 0 Å². The Balaban J connectivity index is 1.74. The van der Waals surface area contributed by atoms with Crippen molar-refractivity contribution in [3.05, 3.63) is 0 Å². The molecule has 0 aromatic rings.